The van der Waals surface area contributed by atoms with Crippen LogP contribution in [-0.2, 0) is 10.0 Å². The number of benzene rings is 1. The first-order chi connectivity index (χ1) is 14.8. The van der Waals surface area contributed by atoms with Gasteiger partial charge in [0.1, 0.15) is 0 Å². The Morgan fingerprint density at radius 3 is 2.48 bits per heavy atom. The van der Waals surface area contributed by atoms with Gasteiger partial charge in [-0.25, -0.2) is 8.42 Å². The van der Waals surface area contributed by atoms with Crippen molar-refractivity contribution in [3.05, 3.63) is 42.2 Å². The molecule has 1 aromatic carbocycles. The monoisotopic (exact) mass is 449 g/mol. The molecule has 0 saturated carbocycles. The lowest BCUT2D eigenvalue weighted by Gasteiger charge is -2.37. The molecule has 2 N–H and O–H groups in total. The minimum absolute atomic E-state index is 0.0579. The average molecular weight is 450 g/mol. The van der Waals surface area contributed by atoms with Crippen LogP contribution in [0.25, 0.3) is 0 Å². The zero-order valence-electron chi connectivity index (χ0n) is 18.2. The fourth-order valence-electron chi connectivity index (χ4n) is 3.64. The van der Waals surface area contributed by atoms with Gasteiger partial charge in [-0.2, -0.15) is 9.40 Å². The first kappa shape index (κ1) is 23.4. The highest BCUT2D eigenvalue weighted by atomic mass is 32.2. The van der Waals surface area contributed by atoms with Crippen LogP contribution in [0.5, 0.6) is 0 Å². The van der Waals surface area contributed by atoms with Crippen molar-refractivity contribution in [3.8, 4) is 0 Å². The molecule has 2 heterocycles. The molecule has 1 fully saturated rings. The van der Waals surface area contributed by atoms with Gasteiger partial charge >= 0.3 is 0 Å². The van der Waals surface area contributed by atoms with Gasteiger partial charge in [-0.1, -0.05) is 13.0 Å². The number of carbonyl (C=O) groups is 1. The first-order valence-corrected chi connectivity index (χ1v) is 12.0. The summed E-state index contributed by atoms with van der Waals surface area (Å²) in [6, 6.07) is 8.11. The van der Waals surface area contributed by atoms with E-state index in [9.17, 15) is 18.3 Å². The highest BCUT2D eigenvalue weighted by molar-refractivity contribution is 7.89. The SMILES string of the molecule is CC[C@@H](CO)N1CCN(S(=O)(=O)c2cccc(NC(=O)c3ccn(C(C)C)n3)c2)CC1. The van der Waals surface area contributed by atoms with Gasteiger partial charge in [-0.15, -0.1) is 0 Å². The van der Waals surface area contributed by atoms with Gasteiger partial charge in [0.2, 0.25) is 10.0 Å². The molecule has 0 radical (unpaired) electrons. The van der Waals surface area contributed by atoms with Crippen LogP contribution in [0, 0.1) is 0 Å². The molecule has 1 aliphatic heterocycles. The van der Waals surface area contributed by atoms with Crippen molar-refractivity contribution >= 4 is 21.6 Å². The minimum atomic E-state index is -3.68. The number of nitrogens with one attached hydrogen (secondary N) is 1. The maximum absolute atomic E-state index is 13.1. The normalized spacial score (nSPS) is 17.1. The van der Waals surface area contributed by atoms with Crippen molar-refractivity contribution in [1.82, 2.24) is 19.0 Å². The number of nitrogens with zero attached hydrogens (tertiary/aromatic N) is 4. The number of aromatic nitrogens is 2. The Hall–Kier alpha value is -2.27. The van der Waals surface area contributed by atoms with E-state index in [2.05, 4.69) is 15.3 Å². The van der Waals surface area contributed by atoms with Crippen molar-refractivity contribution < 1.29 is 18.3 Å². The lowest BCUT2D eigenvalue weighted by atomic mass is 10.2. The van der Waals surface area contributed by atoms with Crippen LogP contribution >= 0.6 is 0 Å². The number of hydrogen-bond acceptors (Lipinski definition) is 6. The van der Waals surface area contributed by atoms with Gasteiger partial charge in [-0.05, 0) is 44.5 Å². The lowest BCUT2D eigenvalue weighted by molar-refractivity contribution is 0.0881. The summed E-state index contributed by atoms with van der Waals surface area (Å²) in [5.74, 6) is -0.392. The van der Waals surface area contributed by atoms with Crippen molar-refractivity contribution in [3.63, 3.8) is 0 Å². The molecule has 10 heteroatoms. The number of hydrogen-bond donors (Lipinski definition) is 2. The van der Waals surface area contributed by atoms with E-state index >= 15 is 0 Å². The molecule has 170 valence electrons. The van der Waals surface area contributed by atoms with Gasteiger partial charge in [-0.3, -0.25) is 14.4 Å². The third kappa shape index (κ3) is 5.32. The van der Waals surface area contributed by atoms with E-state index in [-0.39, 0.29) is 29.3 Å². The van der Waals surface area contributed by atoms with Gasteiger partial charge < -0.3 is 10.4 Å². The third-order valence-corrected chi connectivity index (χ3v) is 7.47. The molecule has 3 rings (SSSR count). The number of piperazine rings is 1. The number of rotatable bonds is 8. The Labute approximate surface area is 183 Å². The summed E-state index contributed by atoms with van der Waals surface area (Å²) in [5.41, 5.74) is 0.669. The Morgan fingerprint density at radius 2 is 1.90 bits per heavy atom. The van der Waals surface area contributed by atoms with Crippen LogP contribution in [0.15, 0.2) is 41.4 Å². The molecular formula is C21H31N5O4S. The second-order valence-electron chi connectivity index (χ2n) is 7.94. The second-order valence-corrected chi connectivity index (χ2v) is 9.88. The first-order valence-electron chi connectivity index (χ1n) is 10.6. The zero-order valence-corrected chi connectivity index (χ0v) is 19.0. The molecule has 2 aromatic rings. The van der Waals surface area contributed by atoms with E-state index in [4.69, 9.17) is 0 Å². The molecule has 1 aromatic heterocycles. The quantitative estimate of drug-likeness (QED) is 0.636. The molecule has 1 amide bonds. The summed E-state index contributed by atoms with van der Waals surface area (Å²) in [4.78, 5) is 14.8. The molecule has 9 nitrogen and oxygen atoms in total. The highest BCUT2D eigenvalue weighted by Gasteiger charge is 2.30. The fraction of sp³-hybridized carbons (Fsp3) is 0.524. The van der Waals surface area contributed by atoms with Crippen molar-refractivity contribution in [1.29, 1.82) is 0 Å². The molecule has 0 aliphatic carbocycles. The highest BCUT2D eigenvalue weighted by Crippen LogP contribution is 2.22. The van der Waals surface area contributed by atoms with Gasteiger partial charge in [0, 0.05) is 50.1 Å². The fourth-order valence-corrected chi connectivity index (χ4v) is 5.11. The van der Waals surface area contributed by atoms with E-state index in [0.29, 0.717) is 31.9 Å². The van der Waals surface area contributed by atoms with Crippen LogP contribution < -0.4 is 5.32 Å². The third-order valence-electron chi connectivity index (χ3n) is 5.57. The number of aliphatic hydroxyl groups excluding tert-OH is 1. The molecule has 0 spiro atoms. The smallest absolute Gasteiger partial charge is 0.276 e. The zero-order chi connectivity index (χ0) is 22.6. The Kier molecular flexibility index (Phi) is 7.47. The Bertz CT molecular complexity index is 993. The van der Waals surface area contributed by atoms with E-state index < -0.39 is 15.9 Å². The largest absolute Gasteiger partial charge is 0.395 e. The van der Waals surface area contributed by atoms with E-state index in [1.54, 1.807) is 29.1 Å². The predicted octanol–water partition coefficient (Wildman–Crippen LogP) is 1.79. The predicted molar refractivity (Wildman–Crippen MR) is 119 cm³/mol. The maximum atomic E-state index is 13.1. The Morgan fingerprint density at radius 1 is 1.19 bits per heavy atom. The second kappa shape index (κ2) is 9.90. The van der Waals surface area contributed by atoms with Crippen molar-refractivity contribution in [2.45, 2.75) is 44.2 Å². The topological polar surface area (TPSA) is 108 Å². The standard InChI is InChI=1S/C21H31N5O4S/c1-4-18(15-27)24-10-12-25(13-11-24)31(29,30)19-7-5-6-17(14-19)22-21(28)20-8-9-26(23-20)16(2)3/h5-9,14,16,18,27H,4,10-13,15H2,1-3H3,(H,22,28)/t18-/m0/s1. The van der Waals surface area contributed by atoms with Crippen molar-refractivity contribution in [2.24, 2.45) is 0 Å². The molecule has 1 aliphatic rings. The van der Waals surface area contributed by atoms with E-state index in [1.807, 2.05) is 20.8 Å². The Balaban J connectivity index is 1.69. The summed E-state index contributed by atoms with van der Waals surface area (Å²) >= 11 is 0. The van der Waals surface area contributed by atoms with E-state index in [0.717, 1.165) is 6.42 Å². The summed E-state index contributed by atoms with van der Waals surface area (Å²) in [7, 11) is -3.68. The molecule has 0 unspecified atom stereocenters. The molecule has 31 heavy (non-hydrogen) atoms. The summed E-state index contributed by atoms with van der Waals surface area (Å²) in [6.07, 6.45) is 2.56. The summed E-state index contributed by atoms with van der Waals surface area (Å²) in [6.45, 7) is 7.89. The van der Waals surface area contributed by atoms with Crippen LogP contribution in [0.2, 0.25) is 0 Å². The number of aliphatic hydroxyl groups is 1. The van der Waals surface area contributed by atoms with Crippen molar-refractivity contribution in [2.75, 3.05) is 38.1 Å². The molecular weight excluding hydrogens is 418 g/mol. The lowest BCUT2D eigenvalue weighted by Crippen LogP contribution is -2.52. The van der Waals surface area contributed by atoms with Crippen LogP contribution in [-0.4, -0.2) is 77.2 Å². The average Bonchev–Trinajstić information content (AvgIpc) is 3.26. The molecule has 1 saturated heterocycles. The number of amides is 1. The van der Waals surface area contributed by atoms with Gasteiger partial charge in [0.15, 0.2) is 5.69 Å². The molecule has 1 atom stereocenters. The minimum Gasteiger partial charge on any atom is -0.395 e. The number of anilines is 1. The maximum Gasteiger partial charge on any atom is 0.276 e. The van der Waals surface area contributed by atoms with Crippen LogP contribution in [0.4, 0.5) is 5.69 Å². The number of sulfonamides is 1. The van der Waals surface area contributed by atoms with Gasteiger partial charge in [0.25, 0.3) is 5.91 Å². The van der Waals surface area contributed by atoms with E-state index in [1.165, 1.54) is 16.4 Å². The number of carbonyl (C=O) groups excluding carboxylic acids is 1. The van der Waals surface area contributed by atoms with Crippen LogP contribution in [0.3, 0.4) is 0 Å². The molecule has 0 bridgehead atoms. The summed E-state index contributed by atoms with van der Waals surface area (Å²) in [5, 5.41) is 16.5. The van der Waals surface area contributed by atoms with Gasteiger partial charge in [0.05, 0.1) is 11.5 Å². The summed E-state index contributed by atoms with van der Waals surface area (Å²) < 4.78 is 29.4. The van der Waals surface area contributed by atoms with Crippen LogP contribution in [0.1, 0.15) is 43.7 Å².